The molecule has 2 heterocycles. The van der Waals surface area contributed by atoms with Gasteiger partial charge in [-0.25, -0.2) is 4.98 Å². The number of hydrogen-bond acceptors (Lipinski definition) is 2. The van der Waals surface area contributed by atoms with Gasteiger partial charge in [-0.15, -0.1) is 11.6 Å². The molecule has 1 aliphatic heterocycles. The van der Waals surface area contributed by atoms with Crippen molar-refractivity contribution in [3.8, 4) is 0 Å². The average Bonchev–Trinajstić information content (AvgIpc) is 2.94. The lowest BCUT2D eigenvalue weighted by Gasteiger charge is -2.16. The molecule has 3 nitrogen and oxygen atoms in total. The second kappa shape index (κ2) is 5.72. The van der Waals surface area contributed by atoms with Crippen molar-refractivity contribution < 1.29 is 0 Å². The Morgan fingerprint density at radius 1 is 1.30 bits per heavy atom. The summed E-state index contributed by atoms with van der Waals surface area (Å²) in [7, 11) is 2.14. The number of benzene rings is 1. The van der Waals surface area contributed by atoms with Crippen molar-refractivity contribution in [1.29, 1.82) is 0 Å². The maximum atomic E-state index is 6.17. The fourth-order valence-corrected chi connectivity index (χ4v) is 3.42. The van der Waals surface area contributed by atoms with Gasteiger partial charge in [0.2, 0.25) is 0 Å². The Bertz CT molecular complexity index is 638. The van der Waals surface area contributed by atoms with Gasteiger partial charge >= 0.3 is 0 Å². The molecule has 3 rings (SSSR count). The molecule has 1 unspecified atom stereocenters. The topological polar surface area (TPSA) is 21.1 Å². The van der Waals surface area contributed by atoms with E-state index in [0.29, 0.717) is 22.0 Å². The summed E-state index contributed by atoms with van der Waals surface area (Å²) in [5.41, 5.74) is 1.95. The van der Waals surface area contributed by atoms with Crippen LogP contribution in [0.3, 0.4) is 0 Å². The van der Waals surface area contributed by atoms with Crippen LogP contribution in [0.15, 0.2) is 12.1 Å². The molecule has 20 heavy (non-hydrogen) atoms. The number of halogens is 3. The monoisotopic (exact) mass is 331 g/mol. The first-order chi connectivity index (χ1) is 9.60. The second-order valence-corrected chi connectivity index (χ2v) is 6.49. The highest BCUT2D eigenvalue weighted by molar-refractivity contribution is 6.42. The summed E-state index contributed by atoms with van der Waals surface area (Å²) in [4.78, 5) is 7.02. The van der Waals surface area contributed by atoms with Crippen LogP contribution < -0.4 is 0 Å². The van der Waals surface area contributed by atoms with E-state index in [1.54, 1.807) is 0 Å². The molecule has 0 radical (unpaired) electrons. The lowest BCUT2D eigenvalue weighted by atomic mass is 10.2. The van der Waals surface area contributed by atoms with Gasteiger partial charge in [-0.05, 0) is 32.1 Å². The van der Waals surface area contributed by atoms with Gasteiger partial charge in [0.15, 0.2) is 0 Å². The lowest BCUT2D eigenvalue weighted by molar-refractivity contribution is 0.392. The highest BCUT2D eigenvalue weighted by Crippen LogP contribution is 2.32. The van der Waals surface area contributed by atoms with Gasteiger partial charge in [0.05, 0.1) is 21.1 Å². The summed E-state index contributed by atoms with van der Waals surface area (Å²) >= 11 is 18.2. The number of hydrogen-bond donors (Lipinski definition) is 0. The first-order valence-electron chi connectivity index (χ1n) is 6.70. The second-order valence-electron chi connectivity index (χ2n) is 5.30. The zero-order chi connectivity index (χ0) is 14.3. The minimum Gasteiger partial charge on any atom is -0.323 e. The van der Waals surface area contributed by atoms with E-state index < -0.39 is 0 Å². The van der Waals surface area contributed by atoms with Crippen molar-refractivity contribution in [2.24, 2.45) is 0 Å². The number of likely N-dealkylation sites (N-methyl/N-ethyl adjacent to an activating group) is 1. The van der Waals surface area contributed by atoms with E-state index in [0.717, 1.165) is 42.8 Å². The Kier molecular flexibility index (Phi) is 4.14. The van der Waals surface area contributed by atoms with Crippen LogP contribution in [0.2, 0.25) is 10.0 Å². The van der Waals surface area contributed by atoms with Gasteiger partial charge in [-0.2, -0.15) is 0 Å². The van der Waals surface area contributed by atoms with Crippen LogP contribution in [0, 0.1) is 0 Å². The van der Waals surface area contributed by atoms with Crippen LogP contribution in [-0.4, -0.2) is 40.5 Å². The Hall–Kier alpha value is -0.480. The zero-order valence-corrected chi connectivity index (χ0v) is 13.5. The molecule has 1 saturated heterocycles. The lowest BCUT2D eigenvalue weighted by Crippen LogP contribution is -2.18. The van der Waals surface area contributed by atoms with E-state index in [9.17, 15) is 0 Å². The van der Waals surface area contributed by atoms with Crippen molar-refractivity contribution in [3.05, 3.63) is 28.0 Å². The van der Waals surface area contributed by atoms with E-state index in [2.05, 4.69) is 16.5 Å². The predicted molar refractivity (Wildman–Crippen MR) is 85.3 cm³/mol. The summed E-state index contributed by atoms with van der Waals surface area (Å²) < 4.78 is 2.30. The number of aromatic nitrogens is 2. The molecule has 1 aromatic carbocycles. The molecule has 0 bridgehead atoms. The molecule has 1 fully saturated rings. The fourth-order valence-electron chi connectivity index (χ4n) is 2.93. The van der Waals surface area contributed by atoms with Crippen molar-refractivity contribution in [2.75, 3.05) is 26.0 Å². The molecule has 1 atom stereocenters. The molecule has 1 aromatic heterocycles. The third kappa shape index (κ3) is 2.52. The fraction of sp³-hybridized carbons (Fsp3) is 0.500. The summed E-state index contributed by atoms with van der Waals surface area (Å²) in [6, 6.07) is 4.19. The Morgan fingerprint density at radius 3 is 2.70 bits per heavy atom. The summed E-state index contributed by atoms with van der Waals surface area (Å²) in [6.45, 7) is 2.13. The molecule has 2 aromatic rings. The average molecular weight is 333 g/mol. The van der Waals surface area contributed by atoms with Crippen LogP contribution in [0.4, 0.5) is 0 Å². The van der Waals surface area contributed by atoms with Crippen molar-refractivity contribution in [3.63, 3.8) is 0 Å². The summed E-state index contributed by atoms with van der Waals surface area (Å²) in [5, 5.41) is 1.12. The minimum absolute atomic E-state index is 0.431. The summed E-state index contributed by atoms with van der Waals surface area (Å²) in [5.74, 6) is 1.58. The molecule has 1 aliphatic rings. The molecular weight excluding hydrogens is 317 g/mol. The number of imidazole rings is 1. The van der Waals surface area contributed by atoms with Crippen molar-refractivity contribution in [2.45, 2.75) is 18.9 Å². The molecule has 0 aliphatic carbocycles. The Labute approximate surface area is 133 Å². The van der Waals surface area contributed by atoms with Crippen LogP contribution in [0.5, 0.6) is 0 Å². The molecule has 0 saturated carbocycles. The van der Waals surface area contributed by atoms with Crippen molar-refractivity contribution >= 4 is 45.8 Å². The van der Waals surface area contributed by atoms with Gasteiger partial charge in [0.1, 0.15) is 5.82 Å². The maximum absolute atomic E-state index is 6.17. The molecule has 108 valence electrons. The van der Waals surface area contributed by atoms with E-state index in [1.807, 2.05) is 12.1 Å². The molecular formula is C14H16Cl3N3. The zero-order valence-electron chi connectivity index (χ0n) is 11.2. The van der Waals surface area contributed by atoms with Gasteiger partial charge in [0.25, 0.3) is 0 Å². The Morgan fingerprint density at radius 2 is 2.05 bits per heavy atom. The van der Waals surface area contributed by atoms with Crippen LogP contribution in [-0.2, 0) is 6.42 Å². The first kappa shape index (κ1) is 14.5. The number of likely N-dealkylation sites (tertiary alicyclic amines) is 1. The first-order valence-corrected chi connectivity index (χ1v) is 7.99. The van der Waals surface area contributed by atoms with Crippen LogP contribution in [0.25, 0.3) is 11.0 Å². The van der Waals surface area contributed by atoms with Gasteiger partial charge in [-0.3, -0.25) is 0 Å². The van der Waals surface area contributed by atoms with E-state index in [-0.39, 0.29) is 0 Å². The SMILES string of the molecule is CN1CCC(n2c(CCCl)nc3cc(Cl)c(Cl)cc32)C1. The molecule has 6 heteroatoms. The van der Waals surface area contributed by atoms with E-state index in [1.165, 1.54) is 0 Å². The number of fused-ring (bicyclic) bond motifs is 1. The van der Waals surface area contributed by atoms with Gasteiger partial charge in [0, 0.05) is 24.9 Å². The Balaban J connectivity index is 2.15. The van der Waals surface area contributed by atoms with E-state index in [4.69, 9.17) is 39.8 Å². The van der Waals surface area contributed by atoms with Gasteiger partial charge < -0.3 is 9.47 Å². The normalized spacial score (nSPS) is 20.1. The highest BCUT2D eigenvalue weighted by atomic mass is 35.5. The molecule has 0 N–H and O–H groups in total. The van der Waals surface area contributed by atoms with Crippen LogP contribution >= 0.6 is 34.8 Å². The molecule has 0 amide bonds. The number of rotatable bonds is 3. The van der Waals surface area contributed by atoms with Crippen LogP contribution in [0.1, 0.15) is 18.3 Å². The van der Waals surface area contributed by atoms with Crippen molar-refractivity contribution in [1.82, 2.24) is 14.5 Å². The van der Waals surface area contributed by atoms with Gasteiger partial charge in [-0.1, -0.05) is 23.2 Å². The summed E-state index contributed by atoms with van der Waals surface area (Å²) in [6.07, 6.45) is 1.88. The molecule has 0 spiro atoms. The highest BCUT2D eigenvalue weighted by Gasteiger charge is 2.25. The quantitative estimate of drug-likeness (QED) is 0.792. The minimum atomic E-state index is 0.431. The number of aryl methyl sites for hydroxylation is 1. The largest absolute Gasteiger partial charge is 0.323 e. The number of nitrogens with zero attached hydrogens (tertiary/aromatic N) is 3. The standard InChI is InChI=1S/C14H16Cl3N3/c1-19-5-3-9(8-19)20-13-7-11(17)10(16)6-12(13)18-14(20)2-4-15/h6-7,9H,2-5,8H2,1H3. The maximum Gasteiger partial charge on any atom is 0.111 e. The predicted octanol–water partition coefficient (Wildman–Crippen LogP) is 4.00. The smallest absolute Gasteiger partial charge is 0.111 e. The third-order valence-corrected chi connectivity index (χ3v) is 4.77. The van der Waals surface area contributed by atoms with E-state index >= 15 is 0 Å². The number of alkyl halides is 1. The third-order valence-electron chi connectivity index (χ3n) is 3.85.